The van der Waals surface area contributed by atoms with Crippen molar-refractivity contribution in [1.29, 1.82) is 0 Å². The van der Waals surface area contributed by atoms with Crippen molar-refractivity contribution in [2.75, 3.05) is 62.6 Å². The summed E-state index contributed by atoms with van der Waals surface area (Å²) in [4.78, 5) is 27.7. The molecule has 0 saturated heterocycles. The minimum atomic E-state index is -0.324. The number of halogens is 2. The topological polar surface area (TPSA) is 83.1 Å². The van der Waals surface area contributed by atoms with Gasteiger partial charge in [0.15, 0.2) is 0 Å². The minimum absolute atomic E-state index is 0.207. The van der Waals surface area contributed by atoms with Gasteiger partial charge in [-0.25, -0.2) is 9.78 Å². The molecule has 0 spiro atoms. The monoisotopic (exact) mass is 510 g/mol. The van der Waals surface area contributed by atoms with Crippen LogP contribution in [0, 0.1) is 0 Å². The zero-order chi connectivity index (χ0) is 24.8. The summed E-state index contributed by atoms with van der Waals surface area (Å²) >= 11 is 13.1. The number of amides is 2. The van der Waals surface area contributed by atoms with Gasteiger partial charge < -0.3 is 19.7 Å². The van der Waals surface area contributed by atoms with E-state index in [-0.39, 0.29) is 22.6 Å². The largest absolute Gasteiger partial charge is 0.495 e. The number of aromatic nitrogens is 2. The predicted molar refractivity (Wildman–Crippen MR) is 137 cm³/mol. The highest BCUT2D eigenvalue weighted by molar-refractivity contribution is 6.42. The number of ether oxygens (including phenoxy) is 2. The SMILES string of the molecule is CCN(CC)CCCCNc1ncc2c(n1)N(C)C(=O)N(c1c(Cl)c(OC)cc(OC)c1Cl)C2. The maximum Gasteiger partial charge on any atom is 0.330 e. The van der Waals surface area contributed by atoms with Gasteiger partial charge in [0.05, 0.1) is 26.5 Å². The number of unbranched alkanes of at least 4 members (excludes halogenated alkanes) is 1. The van der Waals surface area contributed by atoms with E-state index >= 15 is 0 Å². The molecule has 1 aromatic carbocycles. The Morgan fingerprint density at radius 2 is 1.76 bits per heavy atom. The molecule has 0 bridgehead atoms. The van der Waals surface area contributed by atoms with Crippen molar-refractivity contribution in [3.05, 3.63) is 27.9 Å². The quantitative estimate of drug-likeness (QED) is 0.429. The molecule has 186 valence electrons. The first kappa shape index (κ1) is 26.1. The van der Waals surface area contributed by atoms with Crippen molar-refractivity contribution < 1.29 is 14.3 Å². The first-order chi connectivity index (χ1) is 16.4. The average molecular weight is 511 g/mol. The lowest BCUT2D eigenvalue weighted by atomic mass is 10.2. The Morgan fingerprint density at radius 3 is 2.35 bits per heavy atom. The third-order valence-electron chi connectivity index (χ3n) is 5.90. The summed E-state index contributed by atoms with van der Waals surface area (Å²) in [5.41, 5.74) is 1.08. The van der Waals surface area contributed by atoms with Gasteiger partial charge in [-0.05, 0) is 32.5 Å². The molecule has 0 radical (unpaired) electrons. The number of carbonyl (C=O) groups is 1. The molecule has 0 aliphatic carbocycles. The number of fused-ring (bicyclic) bond motifs is 1. The number of hydrogen-bond acceptors (Lipinski definition) is 7. The first-order valence-electron chi connectivity index (χ1n) is 11.3. The number of methoxy groups -OCH3 is 2. The number of urea groups is 1. The van der Waals surface area contributed by atoms with Gasteiger partial charge in [0.1, 0.15) is 27.4 Å². The van der Waals surface area contributed by atoms with Gasteiger partial charge in [-0.2, -0.15) is 4.98 Å². The van der Waals surface area contributed by atoms with Crippen molar-refractivity contribution >= 4 is 46.7 Å². The van der Waals surface area contributed by atoms with E-state index in [0.29, 0.717) is 29.0 Å². The summed E-state index contributed by atoms with van der Waals surface area (Å²) in [6, 6.07) is 1.26. The Kier molecular flexibility index (Phi) is 9.04. The maximum absolute atomic E-state index is 13.3. The van der Waals surface area contributed by atoms with Crippen molar-refractivity contribution in [3.8, 4) is 11.5 Å². The summed E-state index contributed by atoms with van der Waals surface area (Å²) in [6.07, 6.45) is 3.82. The van der Waals surface area contributed by atoms with Crippen LogP contribution in [0.4, 0.5) is 22.2 Å². The standard InChI is InChI=1S/C23H32Cl2N6O3/c1-6-30(7-2)11-9-8-10-26-22-27-13-15-14-31(23(32)29(3)21(15)28-22)20-18(24)16(33-4)12-17(34-5)19(20)25/h12-13H,6-11,14H2,1-5H3,(H,26,27,28). The molecule has 1 aromatic heterocycles. The molecule has 34 heavy (non-hydrogen) atoms. The highest BCUT2D eigenvalue weighted by Crippen LogP contribution is 2.47. The van der Waals surface area contributed by atoms with Crippen molar-refractivity contribution in [2.45, 2.75) is 33.2 Å². The fourth-order valence-corrected chi connectivity index (χ4v) is 4.58. The van der Waals surface area contributed by atoms with Crippen LogP contribution in [0.25, 0.3) is 0 Å². The fraction of sp³-hybridized carbons (Fsp3) is 0.522. The maximum atomic E-state index is 13.3. The van der Waals surface area contributed by atoms with Crippen molar-refractivity contribution in [2.24, 2.45) is 0 Å². The Morgan fingerprint density at radius 1 is 1.12 bits per heavy atom. The number of anilines is 3. The van der Waals surface area contributed by atoms with Gasteiger partial charge in [0.2, 0.25) is 5.95 Å². The molecule has 1 aliphatic rings. The molecule has 11 heteroatoms. The van der Waals surface area contributed by atoms with Gasteiger partial charge in [0, 0.05) is 31.4 Å². The molecular formula is C23H32Cl2N6O3. The van der Waals surface area contributed by atoms with E-state index in [2.05, 4.69) is 34.0 Å². The van der Waals surface area contributed by atoms with Crippen LogP contribution in [0.3, 0.4) is 0 Å². The second kappa shape index (κ2) is 11.8. The van der Waals surface area contributed by atoms with Crippen LogP contribution in [0.1, 0.15) is 32.3 Å². The molecule has 0 saturated carbocycles. The van der Waals surface area contributed by atoms with Gasteiger partial charge in [-0.3, -0.25) is 9.80 Å². The number of nitrogens with zero attached hydrogens (tertiary/aromatic N) is 5. The lowest BCUT2D eigenvalue weighted by molar-refractivity contribution is 0.251. The Labute approximate surface area is 210 Å². The summed E-state index contributed by atoms with van der Waals surface area (Å²) in [7, 11) is 4.64. The lowest BCUT2D eigenvalue weighted by Gasteiger charge is -2.35. The van der Waals surface area contributed by atoms with Gasteiger partial charge >= 0.3 is 6.03 Å². The number of nitrogens with one attached hydrogen (secondary N) is 1. The molecule has 0 unspecified atom stereocenters. The molecular weight excluding hydrogens is 479 g/mol. The van der Waals surface area contributed by atoms with Crippen LogP contribution in [-0.4, -0.2) is 68.3 Å². The average Bonchev–Trinajstić information content (AvgIpc) is 2.85. The lowest BCUT2D eigenvalue weighted by Crippen LogP contribution is -2.46. The summed E-state index contributed by atoms with van der Waals surface area (Å²) in [5, 5.41) is 3.71. The van der Waals surface area contributed by atoms with E-state index in [1.165, 1.54) is 24.0 Å². The zero-order valence-corrected chi connectivity index (χ0v) is 21.8. The fourth-order valence-electron chi connectivity index (χ4n) is 3.88. The van der Waals surface area contributed by atoms with E-state index in [1.807, 2.05) is 0 Å². The molecule has 1 aliphatic heterocycles. The van der Waals surface area contributed by atoms with E-state index in [4.69, 9.17) is 32.7 Å². The van der Waals surface area contributed by atoms with Crippen molar-refractivity contribution in [1.82, 2.24) is 14.9 Å². The van der Waals surface area contributed by atoms with Crippen LogP contribution < -0.4 is 24.6 Å². The Bertz CT molecular complexity index is 990. The number of benzene rings is 1. The molecule has 2 heterocycles. The van der Waals surface area contributed by atoms with Crippen LogP contribution >= 0.6 is 23.2 Å². The molecule has 1 N–H and O–H groups in total. The molecule has 0 atom stereocenters. The van der Waals surface area contributed by atoms with Gasteiger partial charge in [-0.15, -0.1) is 0 Å². The molecule has 9 nitrogen and oxygen atoms in total. The first-order valence-corrected chi connectivity index (χ1v) is 12.1. The van der Waals surface area contributed by atoms with Crippen LogP contribution in [0.5, 0.6) is 11.5 Å². The normalized spacial score (nSPS) is 13.4. The summed E-state index contributed by atoms with van der Waals surface area (Å²) < 4.78 is 10.7. The predicted octanol–water partition coefficient (Wildman–Crippen LogP) is 4.91. The smallest absolute Gasteiger partial charge is 0.330 e. The summed E-state index contributed by atoms with van der Waals surface area (Å²) in [5.74, 6) is 1.75. The number of hydrogen-bond donors (Lipinski definition) is 1. The Balaban J connectivity index is 1.77. The van der Waals surface area contributed by atoms with Crippen molar-refractivity contribution in [3.63, 3.8) is 0 Å². The molecule has 3 rings (SSSR count). The van der Waals surface area contributed by atoms with Gasteiger partial charge in [-0.1, -0.05) is 37.0 Å². The van der Waals surface area contributed by atoms with E-state index in [1.54, 1.807) is 19.3 Å². The van der Waals surface area contributed by atoms with Crippen LogP contribution in [0.15, 0.2) is 12.3 Å². The van der Waals surface area contributed by atoms with Crippen LogP contribution in [-0.2, 0) is 6.54 Å². The number of carbonyl (C=O) groups excluding carboxylic acids is 1. The zero-order valence-electron chi connectivity index (χ0n) is 20.3. The molecule has 0 fully saturated rings. The molecule has 2 aromatic rings. The van der Waals surface area contributed by atoms with E-state index < -0.39 is 0 Å². The second-order valence-corrected chi connectivity index (χ2v) is 8.64. The second-order valence-electron chi connectivity index (χ2n) is 7.89. The molecule has 2 amide bonds. The third-order valence-corrected chi connectivity index (χ3v) is 6.64. The minimum Gasteiger partial charge on any atom is -0.495 e. The highest BCUT2D eigenvalue weighted by atomic mass is 35.5. The van der Waals surface area contributed by atoms with E-state index in [9.17, 15) is 4.79 Å². The summed E-state index contributed by atoms with van der Waals surface area (Å²) in [6.45, 7) is 8.52. The third kappa shape index (κ3) is 5.42. The highest BCUT2D eigenvalue weighted by Gasteiger charge is 2.34. The van der Waals surface area contributed by atoms with E-state index in [0.717, 1.165) is 44.6 Å². The van der Waals surface area contributed by atoms with Gasteiger partial charge in [0.25, 0.3) is 0 Å². The Hall–Kier alpha value is -2.49. The van der Waals surface area contributed by atoms with Crippen LogP contribution in [0.2, 0.25) is 10.0 Å². The number of rotatable bonds is 11.